The number of carbonyl (C=O) groups is 1. The number of ether oxygens (including phenoxy) is 1. The van der Waals surface area contributed by atoms with Crippen molar-refractivity contribution < 1.29 is 18.8 Å². The number of halogens is 3. The molecule has 1 amide bonds. The molecule has 0 fully saturated rings. The average molecular weight is 631 g/mol. The maximum absolute atomic E-state index is 13.4. The molecule has 0 spiro atoms. The third-order valence-corrected chi connectivity index (χ3v) is 6.65. The summed E-state index contributed by atoms with van der Waals surface area (Å²) in [5.41, 5.74) is -0.0569. The van der Waals surface area contributed by atoms with Crippen LogP contribution in [0.2, 0.25) is 5.02 Å². The number of hydrogen-bond donors (Lipinski definition) is 1. The maximum atomic E-state index is 13.4. The molecule has 1 aromatic heterocycles. The molecule has 1 N–H and O–H groups in total. The molecule has 4 aromatic rings. The van der Waals surface area contributed by atoms with Crippen LogP contribution in [0.5, 0.6) is 5.75 Å². The molecule has 40 heavy (non-hydrogen) atoms. The van der Waals surface area contributed by atoms with Gasteiger partial charge >= 0.3 is 5.69 Å². The summed E-state index contributed by atoms with van der Waals surface area (Å²) in [7, 11) is 0. The molecule has 0 bridgehead atoms. The van der Waals surface area contributed by atoms with Gasteiger partial charge in [0.2, 0.25) is 5.75 Å². The Morgan fingerprint density at radius 3 is 2.67 bits per heavy atom. The zero-order valence-electron chi connectivity index (χ0n) is 21.2. The fourth-order valence-electron chi connectivity index (χ4n) is 3.76. The van der Waals surface area contributed by atoms with Crippen LogP contribution in [0.1, 0.15) is 37.6 Å². The lowest BCUT2D eigenvalue weighted by Crippen LogP contribution is -2.24. The Bertz CT molecular complexity index is 1690. The van der Waals surface area contributed by atoms with Gasteiger partial charge in [-0.05, 0) is 55.0 Å². The van der Waals surface area contributed by atoms with Crippen LogP contribution in [0, 0.1) is 15.9 Å². The molecule has 4 rings (SSSR count). The molecule has 10 nitrogen and oxygen atoms in total. The van der Waals surface area contributed by atoms with E-state index in [1.54, 1.807) is 18.2 Å². The summed E-state index contributed by atoms with van der Waals surface area (Å²) in [5.74, 6) is -1.13. The van der Waals surface area contributed by atoms with Gasteiger partial charge in [-0.15, -0.1) is 0 Å². The second-order valence-electron chi connectivity index (χ2n) is 8.75. The SMILES string of the molecule is CC[C@@H](C)c1nc2ccc(Br)cc2c(=O)n1N=Cc1cc(Cl)cc([N+](=O)[O-])c1OCC(=O)Nc1ccc(F)cc1. The topological polar surface area (TPSA) is 129 Å². The summed E-state index contributed by atoms with van der Waals surface area (Å²) >= 11 is 9.50. The van der Waals surface area contributed by atoms with Crippen molar-refractivity contribution >= 4 is 61.9 Å². The Morgan fingerprint density at radius 2 is 2.00 bits per heavy atom. The van der Waals surface area contributed by atoms with Crippen molar-refractivity contribution in [3.63, 3.8) is 0 Å². The van der Waals surface area contributed by atoms with Gasteiger partial charge in [0.05, 0.1) is 22.0 Å². The van der Waals surface area contributed by atoms with Crippen LogP contribution >= 0.6 is 27.5 Å². The summed E-state index contributed by atoms with van der Waals surface area (Å²) in [6.45, 7) is 3.24. The normalized spacial score (nSPS) is 12.0. The first kappa shape index (κ1) is 28.8. The molecule has 0 saturated carbocycles. The number of hydrogen-bond acceptors (Lipinski definition) is 7. The fraction of sp³-hybridized carbons (Fsp3) is 0.185. The number of nitrogens with zero attached hydrogens (tertiary/aromatic N) is 4. The van der Waals surface area contributed by atoms with E-state index in [9.17, 15) is 24.1 Å². The number of benzene rings is 3. The van der Waals surface area contributed by atoms with Gasteiger partial charge in [0, 0.05) is 32.7 Å². The molecule has 13 heteroatoms. The van der Waals surface area contributed by atoms with E-state index in [4.69, 9.17) is 16.3 Å². The first-order valence-corrected chi connectivity index (χ1v) is 13.2. The van der Waals surface area contributed by atoms with Crippen molar-refractivity contribution in [3.05, 3.63) is 102 Å². The summed E-state index contributed by atoms with van der Waals surface area (Å²) < 4.78 is 20.5. The average Bonchev–Trinajstić information content (AvgIpc) is 2.92. The molecule has 206 valence electrons. The second kappa shape index (κ2) is 12.3. The van der Waals surface area contributed by atoms with E-state index < -0.39 is 34.5 Å². The monoisotopic (exact) mass is 629 g/mol. The van der Waals surface area contributed by atoms with Crippen molar-refractivity contribution in [3.8, 4) is 5.75 Å². The molecule has 0 aliphatic heterocycles. The number of rotatable bonds is 9. The molecule has 1 heterocycles. The maximum Gasteiger partial charge on any atom is 0.313 e. The third-order valence-electron chi connectivity index (χ3n) is 5.93. The van der Waals surface area contributed by atoms with Gasteiger partial charge < -0.3 is 10.1 Å². The van der Waals surface area contributed by atoms with E-state index >= 15 is 0 Å². The van der Waals surface area contributed by atoms with E-state index in [1.165, 1.54) is 36.5 Å². The van der Waals surface area contributed by atoms with Gasteiger partial charge in [0.25, 0.3) is 11.5 Å². The predicted molar refractivity (Wildman–Crippen MR) is 154 cm³/mol. The largest absolute Gasteiger partial charge is 0.476 e. The van der Waals surface area contributed by atoms with E-state index in [2.05, 4.69) is 31.3 Å². The Morgan fingerprint density at radius 1 is 1.27 bits per heavy atom. The number of nitro groups is 1. The highest BCUT2D eigenvalue weighted by Gasteiger charge is 2.22. The molecule has 0 aliphatic rings. The lowest BCUT2D eigenvalue weighted by Gasteiger charge is -2.14. The Labute approximate surface area is 240 Å². The van der Waals surface area contributed by atoms with Crippen LogP contribution in [0.25, 0.3) is 10.9 Å². The molecule has 1 atom stereocenters. The molecular weight excluding hydrogens is 609 g/mol. The lowest BCUT2D eigenvalue weighted by molar-refractivity contribution is -0.385. The van der Waals surface area contributed by atoms with Crippen LogP contribution in [0.15, 0.2) is 69.0 Å². The highest BCUT2D eigenvalue weighted by Crippen LogP contribution is 2.34. The minimum atomic E-state index is -0.706. The third kappa shape index (κ3) is 6.52. The minimum absolute atomic E-state index is 0.0197. The van der Waals surface area contributed by atoms with Crippen molar-refractivity contribution in [2.24, 2.45) is 5.10 Å². The van der Waals surface area contributed by atoms with E-state index in [0.29, 0.717) is 33.3 Å². The van der Waals surface area contributed by atoms with E-state index in [-0.39, 0.29) is 22.3 Å². The van der Waals surface area contributed by atoms with Crippen LogP contribution in [-0.4, -0.2) is 33.3 Å². The summed E-state index contributed by atoms with van der Waals surface area (Å²) in [6, 6.07) is 12.7. The summed E-state index contributed by atoms with van der Waals surface area (Å²) in [6.07, 6.45) is 1.87. The summed E-state index contributed by atoms with van der Waals surface area (Å²) in [4.78, 5) is 41.6. The highest BCUT2D eigenvalue weighted by molar-refractivity contribution is 9.10. The van der Waals surface area contributed by atoms with Crippen LogP contribution < -0.4 is 15.6 Å². The quantitative estimate of drug-likeness (QED) is 0.132. The van der Waals surface area contributed by atoms with Gasteiger partial charge in [-0.3, -0.25) is 19.7 Å². The van der Waals surface area contributed by atoms with Crippen LogP contribution in [0.4, 0.5) is 15.8 Å². The van der Waals surface area contributed by atoms with E-state index in [0.717, 1.165) is 10.7 Å². The van der Waals surface area contributed by atoms with Gasteiger partial charge in [-0.25, -0.2) is 9.37 Å². The van der Waals surface area contributed by atoms with Crippen molar-refractivity contribution in [2.45, 2.75) is 26.2 Å². The first-order valence-electron chi connectivity index (χ1n) is 12.0. The van der Waals surface area contributed by atoms with Gasteiger partial charge in [0.1, 0.15) is 11.6 Å². The Balaban J connectivity index is 1.74. The van der Waals surface area contributed by atoms with Crippen molar-refractivity contribution in [1.29, 1.82) is 0 Å². The van der Waals surface area contributed by atoms with E-state index in [1.807, 2.05) is 13.8 Å². The Hall–Kier alpha value is -4.16. The Kier molecular flexibility index (Phi) is 8.90. The lowest BCUT2D eigenvalue weighted by atomic mass is 10.1. The molecular formula is C27H22BrClFN5O5. The molecule has 0 saturated heterocycles. The first-order chi connectivity index (χ1) is 19.1. The number of nitrogens with one attached hydrogen (secondary N) is 1. The van der Waals surface area contributed by atoms with Gasteiger partial charge in [0.15, 0.2) is 6.61 Å². The number of amides is 1. The highest BCUT2D eigenvalue weighted by atomic mass is 79.9. The number of carbonyl (C=O) groups excluding carboxylic acids is 1. The van der Waals surface area contributed by atoms with Crippen LogP contribution in [-0.2, 0) is 4.79 Å². The van der Waals surface area contributed by atoms with Crippen molar-refractivity contribution in [2.75, 3.05) is 11.9 Å². The fourth-order valence-corrected chi connectivity index (χ4v) is 4.34. The smallest absolute Gasteiger partial charge is 0.313 e. The van der Waals surface area contributed by atoms with Gasteiger partial charge in [-0.1, -0.05) is 41.4 Å². The number of anilines is 1. The number of nitro benzene ring substituents is 1. The predicted octanol–water partition coefficient (Wildman–Crippen LogP) is 6.27. The number of fused-ring (bicyclic) bond motifs is 1. The number of aromatic nitrogens is 2. The van der Waals surface area contributed by atoms with Crippen molar-refractivity contribution in [1.82, 2.24) is 9.66 Å². The van der Waals surface area contributed by atoms with Crippen LogP contribution in [0.3, 0.4) is 0 Å². The molecule has 0 unspecified atom stereocenters. The minimum Gasteiger partial charge on any atom is -0.476 e. The standard InChI is InChI=1S/C27H22BrClFN5O5/c1-3-15(2)26-33-22-9-4-17(28)11-21(22)27(37)34(26)31-13-16-10-18(29)12-23(35(38)39)25(16)40-14-24(36)32-20-7-5-19(30)6-8-20/h4-13,15H,3,14H2,1-2H3,(H,32,36)/t15-/m1/s1. The molecule has 3 aromatic carbocycles. The second-order valence-corrected chi connectivity index (χ2v) is 10.1. The molecule has 0 aliphatic carbocycles. The van der Waals surface area contributed by atoms with Gasteiger partial charge in [-0.2, -0.15) is 9.78 Å². The molecule has 0 radical (unpaired) electrons. The zero-order valence-corrected chi connectivity index (χ0v) is 23.6. The zero-order chi connectivity index (χ0) is 29.0. The summed E-state index contributed by atoms with van der Waals surface area (Å²) in [5, 5.41) is 19.0.